The summed E-state index contributed by atoms with van der Waals surface area (Å²) in [6, 6.07) is 3.18. The lowest BCUT2D eigenvalue weighted by molar-refractivity contribution is -0.139. The maximum absolute atomic E-state index is 13.8. The van der Waals surface area contributed by atoms with Crippen molar-refractivity contribution in [3.63, 3.8) is 0 Å². The number of carbonyl (C=O) groups is 1. The number of halogens is 1. The highest BCUT2D eigenvalue weighted by Crippen LogP contribution is 2.37. The molecule has 0 saturated carbocycles. The molecule has 34 heavy (non-hydrogen) atoms. The van der Waals surface area contributed by atoms with Crippen molar-refractivity contribution < 1.29 is 32.2 Å². The minimum Gasteiger partial charge on any atom is -0.501 e. The van der Waals surface area contributed by atoms with Crippen LogP contribution in [-0.2, 0) is 38.2 Å². The third-order valence-corrected chi connectivity index (χ3v) is 7.89. The van der Waals surface area contributed by atoms with Gasteiger partial charge in [-0.15, -0.1) is 0 Å². The summed E-state index contributed by atoms with van der Waals surface area (Å²) in [5.41, 5.74) is -2.03. The first-order valence-corrected chi connectivity index (χ1v) is 12.1. The zero-order valence-electron chi connectivity index (χ0n) is 18.7. The molecule has 0 radical (unpaired) electrons. The van der Waals surface area contributed by atoms with Crippen LogP contribution in [0, 0.1) is 5.82 Å². The summed E-state index contributed by atoms with van der Waals surface area (Å²) in [5.74, 6) is -2.21. The summed E-state index contributed by atoms with van der Waals surface area (Å²) in [7, 11) is -1.38. The molecule has 13 heteroatoms. The molecule has 184 valence electrons. The molecule has 1 amide bonds. The number of sulfonamides is 1. The fourth-order valence-corrected chi connectivity index (χ4v) is 5.22. The van der Waals surface area contributed by atoms with Crippen molar-refractivity contribution in [3.05, 3.63) is 51.5 Å². The molecule has 0 aliphatic carbocycles. The largest absolute Gasteiger partial charge is 0.501 e. The van der Waals surface area contributed by atoms with Gasteiger partial charge in [-0.3, -0.25) is 14.2 Å². The molecule has 1 saturated heterocycles. The summed E-state index contributed by atoms with van der Waals surface area (Å²) < 4.78 is 52.5. The highest BCUT2D eigenvalue weighted by atomic mass is 32.2. The second-order valence-electron chi connectivity index (χ2n) is 8.27. The molecule has 1 aromatic carbocycles. The number of nitrogens with zero attached hydrogens (tertiary/aromatic N) is 3. The van der Waals surface area contributed by atoms with Crippen molar-refractivity contribution in [2.24, 2.45) is 0 Å². The van der Waals surface area contributed by atoms with Crippen molar-refractivity contribution in [2.45, 2.75) is 36.4 Å². The number of nitrogens with one attached hydrogen (secondary N) is 1. The number of fused-ring (bicyclic) bond motifs is 2. The molecule has 3 heterocycles. The summed E-state index contributed by atoms with van der Waals surface area (Å²) in [6.07, 6.45) is 0.874. The summed E-state index contributed by atoms with van der Waals surface area (Å²) in [6.45, 7) is 0.919. The Kier molecular flexibility index (Phi) is 6.46. The van der Waals surface area contributed by atoms with Crippen molar-refractivity contribution in [1.82, 2.24) is 19.2 Å². The van der Waals surface area contributed by atoms with Crippen LogP contribution >= 0.6 is 0 Å². The quantitative estimate of drug-likeness (QED) is 0.603. The molecule has 4 rings (SSSR count). The van der Waals surface area contributed by atoms with Crippen LogP contribution in [0.2, 0.25) is 0 Å². The Morgan fingerprint density at radius 2 is 2.00 bits per heavy atom. The van der Waals surface area contributed by atoms with E-state index in [0.29, 0.717) is 26.1 Å². The SMILES string of the molecule is CN(C)S(=O)(=O)c1cc(F)ccc1CNC(=O)c1nc2n(c(=O)c1O)CCOC21CCOCC1. The van der Waals surface area contributed by atoms with Crippen LogP contribution in [0.25, 0.3) is 0 Å². The number of hydrogen-bond donors (Lipinski definition) is 2. The molecule has 2 N–H and O–H groups in total. The average Bonchev–Trinajstić information content (AvgIpc) is 2.81. The summed E-state index contributed by atoms with van der Waals surface area (Å²) >= 11 is 0. The van der Waals surface area contributed by atoms with Crippen LogP contribution in [0.5, 0.6) is 5.75 Å². The molecule has 0 unspecified atom stereocenters. The fraction of sp³-hybridized carbons (Fsp3) is 0.476. The second-order valence-corrected chi connectivity index (χ2v) is 10.4. The lowest BCUT2D eigenvalue weighted by Gasteiger charge is -2.40. The lowest BCUT2D eigenvalue weighted by atomic mass is 9.91. The molecule has 0 bridgehead atoms. The molecule has 2 aliphatic heterocycles. The zero-order valence-corrected chi connectivity index (χ0v) is 19.5. The number of rotatable bonds is 5. The highest BCUT2D eigenvalue weighted by Gasteiger charge is 2.43. The van der Waals surface area contributed by atoms with E-state index >= 15 is 0 Å². The van der Waals surface area contributed by atoms with Crippen LogP contribution in [0.4, 0.5) is 4.39 Å². The first-order valence-electron chi connectivity index (χ1n) is 10.6. The highest BCUT2D eigenvalue weighted by molar-refractivity contribution is 7.89. The van der Waals surface area contributed by atoms with E-state index in [9.17, 15) is 27.5 Å². The molecule has 1 spiro atoms. The minimum atomic E-state index is -3.99. The van der Waals surface area contributed by atoms with E-state index in [0.717, 1.165) is 16.4 Å². The molecule has 2 aliphatic rings. The van der Waals surface area contributed by atoms with Crippen molar-refractivity contribution in [2.75, 3.05) is 33.9 Å². The van der Waals surface area contributed by atoms with Crippen LogP contribution in [0.1, 0.15) is 34.7 Å². The third kappa shape index (κ3) is 4.19. The Balaban J connectivity index is 1.67. The Morgan fingerprint density at radius 3 is 2.68 bits per heavy atom. The van der Waals surface area contributed by atoms with E-state index in [1.54, 1.807) is 0 Å². The third-order valence-electron chi connectivity index (χ3n) is 5.99. The van der Waals surface area contributed by atoms with Gasteiger partial charge >= 0.3 is 0 Å². The maximum Gasteiger partial charge on any atom is 0.296 e. The lowest BCUT2D eigenvalue weighted by Crippen LogP contribution is -2.48. The van der Waals surface area contributed by atoms with E-state index in [-0.39, 0.29) is 36.0 Å². The Hall–Kier alpha value is -2.87. The topological polar surface area (TPSA) is 140 Å². The van der Waals surface area contributed by atoms with Crippen LogP contribution in [0.3, 0.4) is 0 Å². The molecule has 0 atom stereocenters. The van der Waals surface area contributed by atoms with Crippen LogP contribution in [-0.4, -0.2) is 67.2 Å². The maximum atomic E-state index is 13.8. The molecular formula is C21H25FN4O7S. The number of benzene rings is 1. The van der Waals surface area contributed by atoms with Gasteiger partial charge in [0.2, 0.25) is 15.8 Å². The fourth-order valence-electron chi connectivity index (χ4n) is 4.09. The molecule has 1 aromatic heterocycles. The van der Waals surface area contributed by atoms with Crippen LogP contribution in [0.15, 0.2) is 27.9 Å². The van der Waals surface area contributed by atoms with E-state index in [4.69, 9.17) is 9.47 Å². The van der Waals surface area contributed by atoms with Gasteiger partial charge in [-0.25, -0.2) is 22.1 Å². The number of carbonyl (C=O) groups excluding carboxylic acids is 1. The van der Waals surface area contributed by atoms with E-state index < -0.39 is 44.4 Å². The van der Waals surface area contributed by atoms with Gasteiger partial charge in [0.1, 0.15) is 17.2 Å². The number of ether oxygens (including phenoxy) is 2. The van der Waals surface area contributed by atoms with Gasteiger partial charge in [-0.05, 0) is 17.7 Å². The van der Waals surface area contributed by atoms with Gasteiger partial charge in [-0.1, -0.05) is 6.07 Å². The molecule has 1 fully saturated rings. The van der Waals surface area contributed by atoms with Crippen molar-refractivity contribution in [1.29, 1.82) is 0 Å². The predicted molar refractivity (Wildman–Crippen MR) is 116 cm³/mol. The standard InChI is InChI=1S/C21H25FN4O7S/c1-25(2)34(30,31)15-11-14(22)4-3-13(15)12-23-18(28)16-17(27)19(29)26-7-10-33-21(20(26)24-16)5-8-32-9-6-21/h3-4,11,27H,5-10,12H2,1-2H3,(H,23,28). The smallest absolute Gasteiger partial charge is 0.296 e. The van der Waals surface area contributed by atoms with E-state index in [2.05, 4.69) is 10.3 Å². The van der Waals surface area contributed by atoms with E-state index in [1.807, 2.05) is 0 Å². The van der Waals surface area contributed by atoms with E-state index in [1.165, 1.54) is 24.7 Å². The zero-order chi connectivity index (χ0) is 24.7. The van der Waals surface area contributed by atoms with Gasteiger partial charge in [0.25, 0.3) is 11.5 Å². The number of aromatic hydroxyl groups is 1. The number of amides is 1. The molecule has 11 nitrogen and oxygen atoms in total. The molecular weight excluding hydrogens is 471 g/mol. The van der Waals surface area contributed by atoms with Gasteiger partial charge in [0, 0.05) is 46.7 Å². The Labute approximate surface area is 195 Å². The predicted octanol–water partition coefficient (Wildman–Crippen LogP) is 0.304. The van der Waals surface area contributed by atoms with Gasteiger partial charge in [-0.2, -0.15) is 0 Å². The van der Waals surface area contributed by atoms with Gasteiger partial charge in [0.05, 0.1) is 18.0 Å². The number of aromatic nitrogens is 2. The van der Waals surface area contributed by atoms with Crippen molar-refractivity contribution in [3.8, 4) is 5.75 Å². The monoisotopic (exact) mass is 496 g/mol. The Morgan fingerprint density at radius 1 is 1.29 bits per heavy atom. The second kappa shape index (κ2) is 9.06. The first-order chi connectivity index (χ1) is 16.1. The van der Waals surface area contributed by atoms with Crippen molar-refractivity contribution >= 4 is 15.9 Å². The van der Waals surface area contributed by atoms with Gasteiger partial charge in [0.15, 0.2) is 5.69 Å². The summed E-state index contributed by atoms with van der Waals surface area (Å²) in [4.78, 5) is 29.7. The first kappa shape index (κ1) is 24.3. The minimum absolute atomic E-state index is 0.127. The van der Waals surface area contributed by atoms with Crippen LogP contribution < -0.4 is 10.9 Å². The molecule has 2 aromatic rings. The normalized spacial score (nSPS) is 17.5. The Bertz CT molecular complexity index is 1290. The number of hydrogen-bond acceptors (Lipinski definition) is 8. The summed E-state index contributed by atoms with van der Waals surface area (Å²) in [5, 5.41) is 12.9. The average molecular weight is 497 g/mol. The van der Waals surface area contributed by atoms with Gasteiger partial charge < -0.3 is 19.9 Å².